The summed E-state index contributed by atoms with van der Waals surface area (Å²) in [4.78, 5) is 4.51. The third kappa shape index (κ3) is 2.50. The minimum Gasteiger partial charge on any atom is -0.367 e. The lowest BCUT2D eigenvalue weighted by Gasteiger charge is -2.34. The molecule has 1 heterocycles. The molecule has 3 N–H and O–H groups in total. The van der Waals surface area contributed by atoms with E-state index in [1.54, 1.807) is 0 Å². The van der Waals surface area contributed by atoms with Crippen LogP contribution in [-0.4, -0.2) is 21.8 Å². The molecule has 0 radical (unpaired) electrons. The Labute approximate surface area is 102 Å². The third-order valence-electron chi connectivity index (χ3n) is 3.42. The minimum absolute atomic E-state index is 0.112. The molecule has 1 aromatic heterocycles. The van der Waals surface area contributed by atoms with E-state index < -0.39 is 0 Å². The number of hydrogen-bond donors (Lipinski definition) is 2. The normalized spacial score (nSPS) is 21.4. The Kier molecular flexibility index (Phi) is 3.79. The first kappa shape index (κ1) is 12.5. The molecule has 1 atom stereocenters. The van der Waals surface area contributed by atoms with Crippen molar-refractivity contribution in [3.05, 3.63) is 11.6 Å². The second kappa shape index (κ2) is 5.14. The average Bonchev–Trinajstić information content (AvgIpc) is 2.80. The summed E-state index contributed by atoms with van der Waals surface area (Å²) in [5.41, 5.74) is 5.52. The van der Waals surface area contributed by atoms with Crippen LogP contribution < -0.4 is 5.73 Å². The van der Waals surface area contributed by atoms with Crippen LogP contribution in [0.25, 0.3) is 0 Å². The molecule has 1 saturated carbocycles. The topological polar surface area (TPSA) is 76.8 Å². The average molecular weight is 238 g/mol. The third-order valence-corrected chi connectivity index (χ3v) is 3.42. The van der Waals surface area contributed by atoms with Crippen LogP contribution >= 0.6 is 0 Å². The summed E-state index contributed by atoms with van der Waals surface area (Å²) in [5.74, 6) is 1.52. The molecule has 2 rings (SSSR count). The Morgan fingerprint density at radius 1 is 1.41 bits per heavy atom. The molecule has 5 nitrogen and oxygen atoms in total. The van der Waals surface area contributed by atoms with Crippen LogP contribution in [0.4, 0.5) is 0 Å². The molecule has 96 valence electrons. The molecule has 0 spiro atoms. The molecule has 0 aromatic carbocycles. The van der Waals surface area contributed by atoms with Gasteiger partial charge in [-0.25, -0.2) is 4.98 Å². The van der Waals surface area contributed by atoms with Gasteiger partial charge in [0, 0.05) is 6.61 Å². The van der Waals surface area contributed by atoms with E-state index in [-0.39, 0.29) is 11.6 Å². The lowest BCUT2D eigenvalue weighted by Crippen LogP contribution is -2.33. The fourth-order valence-corrected chi connectivity index (χ4v) is 2.51. The van der Waals surface area contributed by atoms with Gasteiger partial charge < -0.3 is 10.5 Å². The van der Waals surface area contributed by atoms with Crippen molar-refractivity contribution in [2.75, 3.05) is 6.61 Å². The van der Waals surface area contributed by atoms with Crippen molar-refractivity contribution in [1.82, 2.24) is 15.2 Å². The van der Waals surface area contributed by atoms with Crippen molar-refractivity contribution in [2.45, 2.75) is 57.6 Å². The van der Waals surface area contributed by atoms with Crippen LogP contribution in [-0.2, 0) is 10.3 Å². The molecule has 1 fully saturated rings. The van der Waals surface area contributed by atoms with Gasteiger partial charge in [0.05, 0.1) is 6.04 Å². The van der Waals surface area contributed by atoms with Crippen molar-refractivity contribution in [2.24, 2.45) is 5.73 Å². The molecule has 17 heavy (non-hydrogen) atoms. The molecule has 1 unspecified atom stereocenters. The van der Waals surface area contributed by atoms with E-state index in [4.69, 9.17) is 10.5 Å². The summed E-state index contributed by atoms with van der Waals surface area (Å²) in [6.07, 6.45) is 5.66. The fraction of sp³-hybridized carbons (Fsp3) is 0.833. The smallest absolute Gasteiger partial charge is 0.182 e. The summed E-state index contributed by atoms with van der Waals surface area (Å²) in [6.45, 7) is 4.62. The van der Waals surface area contributed by atoms with Gasteiger partial charge in [0.1, 0.15) is 11.4 Å². The van der Waals surface area contributed by atoms with Gasteiger partial charge in [0.25, 0.3) is 0 Å². The van der Waals surface area contributed by atoms with Gasteiger partial charge in [0.2, 0.25) is 0 Å². The summed E-state index contributed by atoms with van der Waals surface area (Å²) < 4.78 is 5.96. The van der Waals surface area contributed by atoms with Gasteiger partial charge in [-0.15, -0.1) is 0 Å². The molecule has 0 saturated heterocycles. The summed E-state index contributed by atoms with van der Waals surface area (Å²) >= 11 is 0. The highest BCUT2D eigenvalue weighted by molar-refractivity contribution is 5.06. The predicted octanol–water partition coefficient (Wildman–Crippen LogP) is 2.02. The maximum atomic E-state index is 5.96. The monoisotopic (exact) mass is 238 g/mol. The molecule has 0 aliphatic heterocycles. The van der Waals surface area contributed by atoms with Gasteiger partial charge in [0.15, 0.2) is 5.82 Å². The second-order valence-electron chi connectivity index (χ2n) is 4.82. The van der Waals surface area contributed by atoms with Crippen molar-refractivity contribution < 1.29 is 4.74 Å². The van der Waals surface area contributed by atoms with Gasteiger partial charge >= 0.3 is 0 Å². The maximum absolute atomic E-state index is 5.96. The van der Waals surface area contributed by atoms with E-state index in [0.29, 0.717) is 6.61 Å². The molecule has 1 aliphatic rings. The Hall–Kier alpha value is -0.940. The maximum Gasteiger partial charge on any atom is 0.182 e. The largest absolute Gasteiger partial charge is 0.367 e. The van der Waals surface area contributed by atoms with E-state index in [1.807, 2.05) is 13.8 Å². The van der Waals surface area contributed by atoms with Gasteiger partial charge in [-0.2, -0.15) is 5.10 Å². The summed E-state index contributed by atoms with van der Waals surface area (Å²) in [5, 5.41) is 7.23. The number of nitrogens with two attached hydrogens (primary N) is 1. The SMILES string of the molecule is CCOC1(c2n[nH]c(C(C)N)n2)CCCCC1. The van der Waals surface area contributed by atoms with Crippen molar-refractivity contribution >= 4 is 0 Å². The number of rotatable bonds is 4. The Morgan fingerprint density at radius 3 is 2.65 bits per heavy atom. The standard InChI is InChI=1S/C12H22N4O/c1-3-17-12(7-5-4-6-8-12)11-14-10(9(2)13)15-16-11/h9H,3-8,13H2,1-2H3,(H,14,15,16). The molecular weight excluding hydrogens is 216 g/mol. The molecular formula is C12H22N4O. The van der Waals surface area contributed by atoms with E-state index in [1.165, 1.54) is 19.3 Å². The zero-order valence-corrected chi connectivity index (χ0v) is 10.7. The number of nitrogens with one attached hydrogen (secondary N) is 1. The van der Waals surface area contributed by atoms with Crippen LogP contribution in [0.5, 0.6) is 0 Å². The summed E-state index contributed by atoms with van der Waals surface area (Å²) in [7, 11) is 0. The van der Waals surface area contributed by atoms with Crippen molar-refractivity contribution in [1.29, 1.82) is 0 Å². The fourth-order valence-electron chi connectivity index (χ4n) is 2.51. The van der Waals surface area contributed by atoms with E-state index in [0.717, 1.165) is 24.5 Å². The van der Waals surface area contributed by atoms with Crippen LogP contribution in [0.15, 0.2) is 0 Å². The van der Waals surface area contributed by atoms with Crippen molar-refractivity contribution in [3.8, 4) is 0 Å². The first-order valence-corrected chi connectivity index (χ1v) is 6.50. The molecule has 1 aromatic rings. The van der Waals surface area contributed by atoms with Crippen LogP contribution in [0.3, 0.4) is 0 Å². The lowest BCUT2D eigenvalue weighted by molar-refractivity contribution is -0.0765. The summed E-state index contributed by atoms with van der Waals surface area (Å²) in [6, 6.07) is -0.112. The number of hydrogen-bond acceptors (Lipinski definition) is 4. The number of ether oxygens (including phenoxy) is 1. The number of aromatic nitrogens is 3. The van der Waals surface area contributed by atoms with Crippen LogP contribution in [0.2, 0.25) is 0 Å². The highest BCUT2D eigenvalue weighted by Gasteiger charge is 2.38. The molecule has 0 bridgehead atoms. The molecule has 5 heteroatoms. The predicted molar refractivity (Wildman–Crippen MR) is 65.4 cm³/mol. The Bertz CT molecular complexity index is 350. The molecule has 0 amide bonds. The Balaban J connectivity index is 2.24. The zero-order valence-electron chi connectivity index (χ0n) is 10.7. The highest BCUT2D eigenvalue weighted by atomic mass is 16.5. The zero-order chi connectivity index (χ0) is 12.3. The van der Waals surface area contributed by atoms with Gasteiger partial charge in [-0.05, 0) is 26.7 Å². The Morgan fingerprint density at radius 2 is 2.12 bits per heavy atom. The number of nitrogens with zero attached hydrogens (tertiary/aromatic N) is 2. The minimum atomic E-state index is -0.281. The van der Waals surface area contributed by atoms with E-state index >= 15 is 0 Å². The number of aromatic amines is 1. The highest BCUT2D eigenvalue weighted by Crippen LogP contribution is 2.38. The lowest BCUT2D eigenvalue weighted by atomic mass is 9.84. The second-order valence-corrected chi connectivity index (χ2v) is 4.82. The van der Waals surface area contributed by atoms with Gasteiger partial charge in [-0.3, -0.25) is 5.10 Å². The van der Waals surface area contributed by atoms with E-state index in [9.17, 15) is 0 Å². The van der Waals surface area contributed by atoms with Crippen LogP contribution in [0.1, 0.15) is 63.6 Å². The first-order chi connectivity index (χ1) is 8.18. The van der Waals surface area contributed by atoms with E-state index in [2.05, 4.69) is 15.2 Å². The first-order valence-electron chi connectivity index (χ1n) is 6.50. The molecule has 1 aliphatic carbocycles. The van der Waals surface area contributed by atoms with Gasteiger partial charge in [-0.1, -0.05) is 19.3 Å². The van der Waals surface area contributed by atoms with Crippen molar-refractivity contribution in [3.63, 3.8) is 0 Å². The number of H-pyrrole nitrogens is 1. The quantitative estimate of drug-likeness (QED) is 0.841. The van der Waals surface area contributed by atoms with Crippen LogP contribution in [0, 0.1) is 0 Å².